The average molecular weight is 219 g/mol. The van der Waals surface area contributed by atoms with Gasteiger partial charge in [0.05, 0.1) is 0 Å². The van der Waals surface area contributed by atoms with Crippen molar-refractivity contribution in [2.45, 2.75) is 12.8 Å². The summed E-state index contributed by atoms with van der Waals surface area (Å²) in [7, 11) is 0. The Morgan fingerprint density at radius 3 is 2.88 bits per heavy atom. The molecule has 0 aromatic carbocycles. The van der Waals surface area contributed by atoms with Crippen LogP contribution in [0.25, 0.3) is 0 Å². The van der Waals surface area contributed by atoms with E-state index in [2.05, 4.69) is 26.8 Å². The second-order valence-corrected chi connectivity index (χ2v) is 3.82. The Balaban J connectivity index is 2.21. The SMILES string of the molecule is C=CCNc1ncnc(N2CCCC2)c1N. The van der Waals surface area contributed by atoms with Crippen molar-refractivity contribution in [3.8, 4) is 0 Å². The van der Waals surface area contributed by atoms with Crippen LogP contribution in [0, 0.1) is 0 Å². The van der Waals surface area contributed by atoms with Crippen LogP contribution in [0.2, 0.25) is 0 Å². The molecular formula is C11H17N5. The highest BCUT2D eigenvalue weighted by Crippen LogP contribution is 2.28. The third kappa shape index (κ3) is 2.08. The van der Waals surface area contributed by atoms with E-state index in [1.165, 1.54) is 12.8 Å². The number of nitrogens with two attached hydrogens (primary N) is 1. The Morgan fingerprint density at radius 1 is 1.44 bits per heavy atom. The summed E-state index contributed by atoms with van der Waals surface area (Å²) in [5.41, 5.74) is 6.67. The van der Waals surface area contributed by atoms with Gasteiger partial charge in [0.15, 0.2) is 11.6 Å². The van der Waals surface area contributed by atoms with Gasteiger partial charge in [-0.2, -0.15) is 0 Å². The summed E-state index contributed by atoms with van der Waals surface area (Å²) < 4.78 is 0. The van der Waals surface area contributed by atoms with E-state index in [0.717, 1.165) is 18.9 Å². The number of nitrogen functional groups attached to an aromatic ring is 1. The van der Waals surface area contributed by atoms with Crippen molar-refractivity contribution in [3.05, 3.63) is 19.0 Å². The van der Waals surface area contributed by atoms with Crippen molar-refractivity contribution >= 4 is 17.3 Å². The maximum atomic E-state index is 6.04. The zero-order valence-electron chi connectivity index (χ0n) is 9.32. The fourth-order valence-corrected chi connectivity index (χ4v) is 1.88. The molecule has 3 N–H and O–H groups in total. The Labute approximate surface area is 95.4 Å². The topological polar surface area (TPSA) is 67.1 Å². The van der Waals surface area contributed by atoms with Crippen LogP contribution in [0.3, 0.4) is 0 Å². The van der Waals surface area contributed by atoms with Crippen LogP contribution < -0.4 is 16.0 Å². The van der Waals surface area contributed by atoms with Crippen molar-refractivity contribution in [2.24, 2.45) is 0 Å². The number of anilines is 3. The number of nitrogens with zero attached hydrogens (tertiary/aromatic N) is 3. The molecule has 1 aromatic rings. The quantitative estimate of drug-likeness (QED) is 0.746. The molecule has 2 rings (SSSR count). The van der Waals surface area contributed by atoms with E-state index in [1.807, 2.05) is 0 Å². The molecule has 1 aromatic heterocycles. The number of nitrogens with one attached hydrogen (secondary N) is 1. The van der Waals surface area contributed by atoms with Crippen molar-refractivity contribution in [2.75, 3.05) is 35.6 Å². The van der Waals surface area contributed by atoms with Gasteiger partial charge < -0.3 is 16.0 Å². The predicted molar refractivity (Wildman–Crippen MR) is 66.6 cm³/mol. The third-order valence-electron chi connectivity index (χ3n) is 2.68. The van der Waals surface area contributed by atoms with Gasteiger partial charge in [-0.1, -0.05) is 6.08 Å². The lowest BCUT2D eigenvalue weighted by molar-refractivity contribution is 0.930. The molecule has 0 atom stereocenters. The first kappa shape index (κ1) is 10.7. The molecule has 0 spiro atoms. The van der Waals surface area contributed by atoms with Crippen molar-refractivity contribution in [3.63, 3.8) is 0 Å². The lowest BCUT2D eigenvalue weighted by Gasteiger charge is -2.19. The zero-order chi connectivity index (χ0) is 11.4. The lowest BCUT2D eigenvalue weighted by atomic mass is 10.4. The second-order valence-electron chi connectivity index (χ2n) is 3.82. The molecule has 0 radical (unpaired) electrons. The zero-order valence-corrected chi connectivity index (χ0v) is 9.32. The maximum absolute atomic E-state index is 6.04. The van der Waals surface area contributed by atoms with E-state index in [0.29, 0.717) is 18.1 Å². The first-order valence-electron chi connectivity index (χ1n) is 5.53. The molecule has 1 aliphatic heterocycles. The third-order valence-corrected chi connectivity index (χ3v) is 2.68. The summed E-state index contributed by atoms with van der Waals surface area (Å²) in [6, 6.07) is 0. The first-order chi connectivity index (χ1) is 7.83. The molecule has 2 heterocycles. The van der Waals surface area contributed by atoms with Gasteiger partial charge in [-0.3, -0.25) is 0 Å². The number of aromatic nitrogens is 2. The summed E-state index contributed by atoms with van der Waals surface area (Å²) in [6.07, 6.45) is 5.74. The van der Waals surface area contributed by atoms with Gasteiger partial charge in [0, 0.05) is 19.6 Å². The Morgan fingerprint density at radius 2 is 2.19 bits per heavy atom. The van der Waals surface area contributed by atoms with Gasteiger partial charge in [-0.25, -0.2) is 9.97 Å². The average Bonchev–Trinajstić information content (AvgIpc) is 2.81. The summed E-state index contributed by atoms with van der Waals surface area (Å²) >= 11 is 0. The Bertz CT molecular complexity index is 371. The number of hydrogen-bond donors (Lipinski definition) is 2. The highest BCUT2D eigenvalue weighted by Gasteiger charge is 2.18. The molecule has 16 heavy (non-hydrogen) atoms. The van der Waals surface area contributed by atoms with E-state index in [9.17, 15) is 0 Å². The van der Waals surface area contributed by atoms with Crippen LogP contribution in [-0.2, 0) is 0 Å². The summed E-state index contributed by atoms with van der Waals surface area (Å²) in [6.45, 7) is 6.36. The van der Waals surface area contributed by atoms with Gasteiger partial charge >= 0.3 is 0 Å². The van der Waals surface area contributed by atoms with E-state index in [-0.39, 0.29) is 0 Å². The minimum Gasteiger partial charge on any atom is -0.393 e. The molecule has 1 fully saturated rings. The van der Waals surface area contributed by atoms with Gasteiger partial charge in [-0.15, -0.1) is 6.58 Å². The fraction of sp³-hybridized carbons (Fsp3) is 0.455. The Hall–Kier alpha value is -1.78. The van der Waals surface area contributed by atoms with Crippen molar-refractivity contribution in [1.29, 1.82) is 0 Å². The molecule has 1 aliphatic rings. The van der Waals surface area contributed by atoms with Crippen LogP contribution in [0.4, 0.5) is 17.3 Å². The van der Waals surface area contributed by atoms with Crippen LogP contribution in [0.15, 0.2) is 19.0 Å². The van der Waals surface area contributed by atoms with E-state index >= 15 is 0 Å². The standard InChI is InChI=1S/C11H17N5/c1-2-5-13-10-9(12)11(15-8-14-10)16-6-3-4-7-16/h2,8H,1,3-7,12H2,(H,13,14,15). The van der Waals surface area contributed by atoms with E-state index in [4.69, 9.17) is 5.73 Å². The molecule has 1 saturated heterocycles. The number of hydrogen-bond acceptors (Lipinski definition) is 5. The normalized spacial score (nSPS) is 15.1. The van der Waals surface area contributed by atoms with Gasteiger partial charge in [0.2, 0.25) is 0 Å². The molecule has 0 bridgehead atoms. The van der Waals surface area contributed by atoms with Gasteiger partial charge in [0.25, 0.3) is 0 Å². The maximum Gasteiger partial charge on any atom is 0.157 e. The lowest BCUT2D eigenvalue weighted by Crippen LogP contribution is -2.21. The molecule has 0 saturated carbocycles. The van der Waals surface area contributed by atoms with Gasteiger partial charge in [-0.05, 0) is 12.8 Å². The van der Waals surface area contributed by atoms with E-state index < -0.39 is 0 Å². The van der Waals surface area contributed by atoms with Crippen LogP contribution in [0.1, 0.15) is 12.8 Å². The van der Waals surface area contributed by atoms with Crippen LogP contribution in [-0.4, -0.2) is 29.6 Å². The summed E-state index contributed by atoms with van der Waals surface area (Å²) in [4.78, 5) is 10.6. The molecule has 0 unspecified atom stereocenters. The molecule has 0 amide bonds. The first-order valence-corrected chi connectivity index (χ1v) is 5.53. The van der Waals surface area contributed by atoms with Crippen molar-refractivity contribution in [1.82, 2.24) is 9.97 Å². The number of rotatable bonds is 4. The van der Waals surface area contributed by atoms with E-state index in [1.54, 1.807) is 12.4 Å². The Kier molecular flexibility index (Phi) is 3.24. The van der Waals surface area contributed by atoms with Crippen LogP contribution in [0.5, 0.6) is 0 Å². The fourth-order valence-electron chi connectivity index (χ4n) is 1.88. The highest BCUT2D eigenvalue weighted by molar-refractivity contribution is 5.75. The molecule has 5 nitrogen and oxygen atoms in total. The monoisotopic (exact) mass is 219 g/mol. The largest absolute Gasteiger partial charge is 0.393 e. The van der Waals surface area contributed by atoms with Crippen LogP contribution >= 0.6 is 0 Å². The minimum absolute atomic E-state index is 0.631. The molecule has 0 aliphatic carbocycles. The van der Waals surface area contributed by atoms with Crippen molar-refractivity contribution < 1.29 is 0 Å². The second kappa shape index (κ2) is 4.83. The van der Waals surface area contributed by atoms with Gasteiger partial charge in [0.1, 0.15) is 12.0 Å². The molecule has 5 heteroatoms. The summed E-state index contributed by atoms with van der Waals surface area (Å²) in [5, 5.41) is 3.11. The molecular weight excluding hydrogens is 202 g/mol. The minimum atomic E-state index is 0.631. The smallest absolute Gasteiger partial charge is 0.157 e. The summed E-state index contributed by atoms with van der Waals surface area (Å²) in [5.74, 6) is 1.54. The highest BCUT2D eigenvalue weighted by atomic mass is 15.2. The predicted octanol–water partition coefficient (Wildman–Crippen LogP) is 1.26. The molecule has 86 valence electrons.